The van der Waals surface area contributed by atoms with Crippen LogP contribution in [0.25, 0.3) is 0 Å². The van der Waals surface area contributed by atoms with E-state index in [4.69, 9.17) is 9.84 Å². The van der Waals surface area contributed by atoms with Crippen molar-refractivity contribution in [3.05, 3.63) is 41.7 Å². The van der Waals surface area contributed by atoms with Gasteiger partial charge in [-0.15, -0.1) is 0 Å². The molecule has 0 aromatic heterocycles. The second-order valence-corrected chi connectivity index (χ2v) is 7.05. The highest BCUT2D eigenvalue weighted by molar-refractivity contribution is 5.89. The van der Waals surface area contributed by atoms with Crippen LogP contribution in [0.4, 0.5) is 4.39 Å². The van der Waals surface area contributed by atoms with Gasteiger partial charge in [0.15, 0.2) is 11.6 Å². The van der Waals surface area contributed by atoms with Gasteiger partial charge in [-0.25, -0.2) is 9.18 Å². The highest BCUT2D eigenvalue weighted by Crippen LogP contribution is 2.38. The first-order valence-electron chi connectivity index (χ1n) is 9.35. The molecule has 0 saturated heterocycles. The summed E-state index contributed by atoms with van der Waals surface area (Å²) in [4.78, 5) is 11.6. The van der Waals surface area contributed by atoms with Gasteiger partial charge < -0.3 is 9.84 Å². The summed E-state index contributed by atoms with van der Waals surface area (Å²) in [6.45, 7) is 5.10. The van der Waals surface area contributed by atoms with Crippen molar-refractivity contribution in [2.24, 2.45) is 5.92 Å². The summed E-state index contributed by atoms with van der Waals surface area (Å²) in [5.74, 6) is -0.258. The largest absolute Gasteiger partial charge is 0.420 e. The number of hydrogen-bond acceptors (Lipinski definition) is 3. The summed E-state index contributed by atoms with van der Waals surface area (Å²) < 4.78 is 19.2. The molecule has 0 bridgehead atoms. The van der Waals surface area contributed by atoms with Crippen LogP contribution in [0.2, 0.25) is 0 Å². The van der Waals surface area contributed by atoms with Crippen molar-refractivity contribution in [1.29, 1.82) is 0 Å². The Balaban J connectivity index is 1.90. The van der Waals surface area contributed by atoms with Crippen LogP contribution in [0.15, 0.2) is 30.4 Å². The van der Waals surface area contributed by atoms with E-state index in [1.165, 1.54) is 50.7 Å². The normalized spacial score (nSPS) is 20.3. The van der Waals surface area contributed by atoms with E-state index in [1.54, 1.807) is 0 Å². The molecule has 1 N–H and O–H groups in total. The molecule has 0 unspecified atom stereocenters. The van der Waals surface area contributed by atoms with E-state index in [2.05, 4.69) is 13.5 Å². The van der Waals surface area contributed by atoms with Gasteiger partial charge >= 0.3 is 5.97 Å². The van der Waals surface area contributed by atoms with E-state index >= 15 is 0 Å². The smallest absolute Gasteiger partial charge is 0.341 e. The van der Waals surface area contributed by atoms with Crippen molar-refractivity contribution in [1.82, 2.24) is 0 Å². The lowest BCUT2D eigenvalue weighted by Crippen LogP contribution is -2.15. The monoisotopic (exact) mass is 348 g/mol. The van der Waals surface area contributed by atoms with Gasteiger partial charge in [0.1, 0.15) is 0 Å². The molecule has 1 aliphatic carbocycles. The third-order valence-corrected chi connectivity index (χ3v) is 5.17. The minimum absolute atomic E-state index is 0.0927. The fraction of sp³-hybridized carbons (Fsp3) is 0.571. The number of halogens is 1. The quantitative estimate of drug-likeness (QED) is 0.306. The number of benzene rings is 1. The number of esters is 1. The highest BCUT2D eigenvalue weighted by atomic mass is 19.1. The number of aliphatic hydroxyl groups is 1. The van der Waals surface area contributed by atoms with Gasteiger partial charge in [-0.2, -0.15) is 0 Å². The Labute approximate surface area is 149 Å². The number of unbranched alkanes of at least 4 members (excludes halogenated alkanes) is 2. The number of rotatable bonds is 8. The van der Waals surface area contributed by atoms with Crippen molar-refractivity contribution >= 4 is 5.97 Å². The predicted octanol–water partition coefficient (Wildman–Crippen LogP) is 5.13. The molecular formula is C21H29FO3. The first-order chi connectivity index (χ1) is 12.0. The molecule has 3 nitrogen and oxygen atoms in total. The minimum atomic E-state index is -0.804. The maximum absolute atomic E-state index is 14.2. The molecular weight excluding hydrogens is 319 g/mol. The standard InChI is InChI=1S/C21H29FO3/c1-3-4-5-6-16-7-9-17(10-8-16)18-11-12-20(19(22)13-18)25-21(24)15(2)14-23/h11-13,16-17,23H,2-10,14H2,1H3. The molecule has 4 heteroatoms. The van der Waals surface area contributed by atoms with E-state index < -0.39 is 18.4 Å². The van der Waals surface area contributed by atoms with Crippen molar-refractivity contribution in [2.75, 3.05) is 6.61 Å². The Hall–Kier alpha value is -1.68. The van der Waals surface area contributed by atoms with Gasteiger partial charge in [0, 0.05) is 0 Å². The third kappa shape index (κ3) is 5.67. The predicted molar refractivity (Wildman–Crippen MR) is 97.1 cm³/mol. The Morgan fingerprint density at radius 2 is 2.00 bits per heavy atom. The van der Waals surface area contributed by atoms with Crippen molar-refractivity contribution < 1.29 is 19.0 Å². The molecule has 1 saturated carbocycles. The van der Waals surface area contributed by atoms with Gasteiger partial charge in [0.2, 0.25) is 0 Å². The summed E-state index contributed by atoms with van der Waals surface area (Å²) in [6.07, 6.45) is 9.82. The maximum atomic E-state index is 14.2. The molecule has 25 heavy (non-hydrogen) atoms. The Bertz CT molecular complexity index is 589. The third-order valence-electron chi connectivity index (χ3n) is 5.17. The molecule has 0 spiro atoms. The SMILES string of the molecule is C=C(CO)C(=O)Oc1ccc(C2CCC(CCCCC)CC2)cc1F. The zero-order valence-corrected chi connectivity index (χ0v) is 15.1. The molecule has 1 aliphatic rings. The van der Waals surface area contributed by atoms with Crippen LogP contribution < -0.4 is 4.74 Å². The summed E-state index contributed by atoms with van der Waals surface area (Å²) >= 11 is 0. The van der Waals surface area contributed by atoms with E-state index in [1.807, 2.05) is 6.07 Å². The number of hydrogen-bond donors (Lipinski definition) is 1. The zero-order valence-electron chi connectivity index (χ0n) is 15.1. The van der Waals surface area contributed by atoms with Gasteiger partial charge in [-0.05, 0) is 55.2 Å². The summed E-state index contributed by atoms with van der Waals surface area (Å²) in [5, 5.41) is 8.86. The van der Waals surface area contributed by atoms with Crippen LogP contribution in [0.1, 0.15) is 69.8 Å². The second kappa shape index (κ2) is 9.71. The number of carbonyl (C=O) groups excluding carboxylic acids is 1. The Kier molecular flexibility index (Phi) is 7.63. The molecule has 138 valence electrons. The van der Waals surface area contributed by atoms with E-state index in [0.717, 1.165) is 24.3 Å². The first kappa shape index (κ1) is 19.6. The Morgan fingerprint density at radius 3 is 2.60 bits per heavy atom. The topological polar surface area (TPSA) is 46.5 Å². The lowest BCUT2D eigenvalue weighted by Gasteiger charge is -2.29. The molecule has 0 amide bonds. The van der Waals surface area contributed by atoms with E-state index in [9.17, 15) is 9.18 Å². The molecule has 0 atom stereocenters. The van der Waals surface area contributed by atoms with E-state index in [0.29, 0.717) is 5.92 Å². The molecule has 1 aromatic carbocycles. The van der Waals surface area contributed by atoms with Crippen molar-refractivity contribution in [3.63, 3.8) is 0 Å². The second-order valence-electron chi connectivity index (χ2n) is 7.05. The Morgan fingerprint density at radius 1 is 1.28 bits per heavy atom. The fourth-order valence-corrected chi connectivity index (χ4v) is 3.56. The first-order valence-corrected chi connectivity index (χ1v) is 9.35. The summed E-state index contributed by atoms with van der Waals surface area (Å²) in [6, 6.07) is 4.82. The lowest BCUT2D eigenvalue weighted by molar-refractivity contribution is -0.130. The number of aliphatic hydroxyl groups excluding tert-OH is 1. The molecule has 1 aromatic rings. The molecule has 0 heterocycles. The van der Waals surface area contributed by atoms with Crippen LogP contribution in [-0.4, -0.2) is 17.7 Å². The average molecular weight is 348 g/mol. The summed E-state index contributed by atoms with van der Waals surface area (Å²) in [5.41, 5.74) is 0.884. The number of carbonyl (C=O) groups is 1. The van der Waals surface area contributed by atoms with Crippen LogP contribution >= 0.6 is 0 Å². The highest BCUT2D eigenvalue weighted by Gasteiger charge is 2.23. The van der Waals surface area contributed by atoms with Crippen LogP contribution in [0.5, 0.6) is 5.75 Å². The van der Waals surface area contributed by atoms with Crippen molar-refractivity contribution in [3.8, 4) is 5.75 Å². The minimum Gasteiger partial charge on any atom is -0.420 e. The van der Waals surface area contributed by atoms with Crippen LogP contribution in [0.3, 0.4) is 0 Å². The number of ether oxygens (including phenoxy) is 1. The van der Waals surface area contributed by atoms with E-state index in [-0.39, 0.29) is 11.3 Å². The molecule has 1 fully saturated rings. The summed E-state index contributed by atoms with van der Waals surface area (Å²) in [7, 11) is 0. The van der Waals surface area contributed by atoms with Crippen LogP contribution in [-0.2, 0) is 4.79 Å². The fourth-order valence-electron chi connectivity index (χ4n) is 3.56. The molecule has 2 rings (SSSR count). The lowest BCUT2D eigenvalue weighted by atomic mass is 9.77. The average Bonchev–Trinajstić information content (AvgIpc) is 2.63. The van der Waals surface area contributed by atoms with Gasteiger partial charge in [-0.3, -0.25) is 0 Å². The van der Waals surface area contributed by atoms with Gasteiger partial charge in [0.05, 0.1) is 12.2 Å². The molecule has 0 aliphatic heterocycles. The van der Waals surface area contributed by atoms with Gasteiger partial charge in [-0.1, -0.05) is 45.3 Å². The zero-order chi connectivity index (χ0) is 18.2. The maximum Gasteiger partial charge on any atom is 0.341 e. The van der Waals surface area contributed by atoms with Gasteiger partial charge in [0.25, 0.3) is 0 Å². The van der Waals surface area contributed by atoms with Crippen molar-refractivity contribution in [2.45, 2.75) is 64.2 Å². The van der Waals surface area contributed by atoms with Crippen LogP contribution in [0, 0.1) is 11.7 Å². The molecule has 0 radical (unpaired) electrons.